The standard InChI is InChI=1S/C13H16FNO2/c1-15-7-6-11(12(8-15)13(16)17)9-2-4-10(14)5-3-9/h2-5,11-12H,6-8H2,1H3,(H,16,17)/i2D,3D,4D,5D. The van der Waals surface area contributed by atoms with Crippen molar-refractivity contribution in [3.05, 3.63) is 35.6 Å². The van der Waals surface area contributed by atoms with Gasteiger partial charge >= 0.3 is 5.97 Å². The fourth-order valence-electron chi connectivity index (χ4n) is 2.20. The molecule has 2 unspecified atom stereocenters. The second-order valence-corrected chi connectivity index (χ2v) is 4.33. The van der Waals surface area contributed by atoms with Crippen molar-refractivity contribution in [2.75, 3.05) is 20.1 Å². The van der Waals surface area contributed by atoms with Crippen LogP contribution in [-0.4, -0.2) is 36.1 Å². The molecule has 0 saturated carbocycles. The van der Waals surface area contributed by atoms with E-state index >= 15 is 0 Å². The molecule has 0 radical (unpaired) electrons. The second-order valence-electron chi connectivity index (χ2n) is 4.33. The Morgan fingerprint density at radius 3 is 2.76 bits per heavy atom. The van der Waals surface area contributed by atoms with Gasteiger partial charge in [-0.15, -0.1) is 0 Å². The number of benzene rings is 1. The zero-order chi connectivity index (χ0) is 15.9. The first kappa shape index (κ1) is 7.82. The van der Waals surface area contributed by atoms with Crippen LogP contribution in [0, 0.1) is 11.7 Å². The molecule has 0 bridgehead atoms. The van der Waals surface area contributed by atoms with E-state index in [1.165, 1.54) is 0 Å². The fraction of sp³-hybridized carbons (Fsp3) is 0.462. The normalized spacial score (nSPS) is 29.1. The van der Waals surface area contributed by atoms with E-state index in [-0.39, 0.29) is 12.1 Å². The number of nitrogens with zero attached hydrogens (tertiary/aromatic N) is 1. The molecule has 2 atom stereocenters. The molecule has 0 aromatic heterocycles. The Balaban J connectivity index is 2.57. The Kier molecular flexibility index (Phi) is 2.22. The van der Waals surface area contributed by atoms with Crippen LogP contribution in [0.1, 0.15) is 23.4 Å². The Morgan fingerprint density at radius 2 is 2.18 bits per heavy atom. The largest absolute Gasteiger partial charge is 0.481 e. The summed E-state index contributed by atoms with van der Waals surface area (Å²) >= 11 is 0. The van der Waals surface area contributed by atoms with Gasteiger partial charge in [0.25, 0.3) is 0 Å². The molecule has 0 aliphatic carbocycles. The average molecular weight is 241 g/mol. The lowest BCUT2D eigenvalue weighted by Gasteiger charge is -2.34. The van der Waals surface area contributed by atoms with Crippen molar-refractivity contribution in [2.24, 2.45) is 5.92 Å². The van der Waals surface area contributed by atoms with Crippen LogP contribution in [0.15, 0.2) is 24.2 Å². The summed E-state index contributed by atoms with van der Waals surface area (Å²) in [7, 11) is 1.78. The minimum Gasteiger partial charge on any atom is -0.481 e. The zero-order valence-corrected chi connectivity index (χ0v) is 9.46. The maximum Gasteiger partial charge on any atom is 0.308 e. The monoisotopic (exact) mass is 241 g/mol. The Labute approximate surface area is 105 Å². The number of halogens is 1. The molecule has 92 valence electrons. The highest BCUT2D eigenvalue weighted by Crippen LogP contribution is 2.32. The fourth-order valence-corrected chi connectivity index (χ4v) is 2.20. The predicted octanol–water partition coefficient (Wildman–Crippen LogP) is 1.95. The van der Waals surface area contributed by atoms with Gasteiger partial charge in [0.05, 0.1) is 11.4 Å². The first-order valence-corrected chi connectivity index (χ1v) is 5.42. The molecule has 1 aromatic rings. The van der Waals surface area contributed by atoms with E-state index in [0.29, 0.717) is 13.0 Å². The molecule has 0 spiro atoms. The molecule has 1 N–H and O–H groups in total. The van der Waals surface area contributed by atoms with Crippen LogP contribution in [0.25, 0.3) is 0 Å². The van der Waals surface area contributed by atoms with Crippen molar-refractivity contribution >= 4 is 5.97 Å². The number of hydrogen-bond donors (Lipinski definition) is 1. The van der Waals surface area contributed by atoms with Crippen molar-refractivity contribution in [2.45, 2.75) is 12.3 Å². The predicted molar refractivity (Wildman–Crippen MR) is 62.4 cm³/mol. The number of piperidine rings is 1. The van der Waals surface area contributed by atoms with Crippen molar-refractivity contribution in [1.29, 1.82) is 0 Å². The Hall–Kier alpha value is -1.42. The van der Waals surface area contributed by atoms with Gasteiger partial charge in [0.2, 0.25) is 0 Å². The minimum absolute atomic E-state index is 0.00639. The molecule has 0 amide bonds. The van der Waals surface area contributed by atoms with Crippen LogP contribution in [0.4, 0.5) is 4.39 Å². The summed E-state index contributed by atoms with van der Waals surface area (Å²) in [4.78, 5) is 13.3. The van der Waals surface area contributed by atoms with Crippen LogP contribution in [0.3, 0.4) is 0 Å². The van der Waals surface area contributed by atoms with Gasteiger partial charge < -0.3 is 10.0 Å². The van der Waals surface area contributed by atoms with E-state index < -0.39 is 47.8 Å². The second kappa shape index (κ2) is 4.84. The lowest BCUT2D eigenvalue weighted by molar-refractivity contribution is -0.144. The van der Waals surface area contributed by atoms with E-state index in [4.69, 9.17) is 5.48 Å². The molecular weight excluding hydrogens is 221 g/mol. The van der Waals surface area contributed by atoms with Crippen molar-refractivity contribution in [3.63, 3.8) is 0 Å². The summed E-state index contributed by atoms with van der Waals surface area (Å²) in [5.74, 6) is -3.73. The quantitative estimate of drug-likeness (QED) is 0.860. The molecule has 1 aliphatic rings. The number of carboxylic acids is 1. The van der Waals surface area contributed by atoms with Gasteiger partial charge in [-0.25, -0.2) is 4.39 Å². The lowest BCUT2D eigenvalue weighted by atomic mass is 9.80. The molecule has 17 heavy (non-hydrogen) atoms. The minimum atomic E-state index is -1.20. The molecule has 1 aromatic carbocycles. The SMILES string of the molecule is [2H]c1c([2H])c(C2CCN(C)CC2C(=O)O)c([2H])c([2H])c1F. The van der Waals surface area contributed by atoms with E-state index in [1.54, 1.807) is 7.05 Å². The summed E-state index contributed by atoms with van der Waals surface area (Å²) in [5, 5.41) is 9.35. The van der Waals surface area contributed by atoms with Gasteiger partial charge in [-0.1, -0.05) is 12.1 Å². The van der Waals surface area contributed by atoms with Crippen molar-refractivity contribution in [3.8, 4) is 0 Å². The van der Waals surface area contributed by atoms with Crippen molar-refractivity contribution < 1.29 is 19.8 Å². The lowest BCUT2D eigenvalue weighted by Crippen LogP contribution is -2.40. The molecule has 1 heterocycles. The average Bonchev–Trinajstić information content (AvgIpc) is 2.44. The van der Waals surface area contributed by atoms with E-state index in [1.807, 2.05) is 4.90 Å². The Bertz CT molecular complexity index is 567. The maximum atomic E-state index is 13.6. The third-order valence-corrected chi connectivity index (χ3v) is 3.12. The number of likely N-dealkylation sites (tertiary alicyclic amines) is 1. The number of aliphatic carboxylic acids is 1. The summed E-state index contributed by atoms with van der Waals surface area (Å²) in [5.41, 5.74) is 0.00639. The van der Waals surface area contributed by atoms with Gasteiger partial charge in [0.15, 0.2) is 0 Å². The van der Waals surface area contributed by atoms with Crippen LogP contribution < -0.4 is 0 Å². The smallest absolute Gasteiger partial charge is 0.308 e. The van der Waals surface area contributed by atoms with Gasteiger partial charge in [0, 0.05) is 6.54 Å². The summed E-state index contributed by atoms with van der Waals surface area (Å²) in [6.45, 7) is 0.849. The van der Waals surface area contributed by atoms with E-state index in [9.17, 15) is 14.3 Å². The summed E-state index contributed by atoms with van der Waals surface area (Å²) in [6, 6.07) is -2.44. The van der Waals surface area contributed by atoms with Crippen LogP contribution in [0.2, 0.25) is 0 Å². The molecule has 2 rings (SSSR count). The third kappa shape index (κ3) is 2.64. The molecule has 4 heteroatoms. The third-order valence-electron chi connectivity index (χ3n) is 3.12. The molecule has 3 nitrogen and oxygen atoms in total. The number of carboxylic acid groups (broad SMARTS) is 1. The molecular formula is C13H16FNO2. The van der Waals surface area contributed by atoms with Gasteiger partial charge in [-0.2, -0.15) is 0 Å². The first-order chi connectivity index (χ1) is 9.75. The van der Waals surface area contributed by atoms with Crippen molar-refractivity contribution in [1.82, 2.24) is 4.90 Å². The van der Waals surface area contributed by atoms with Crippen LogP contribution >= 0.6 is 0 Å². The highest BCUT2D eigenvalue weighted by atomic mass is 19.1. The van der Waals surface area contributed by atoms with Crippen LogP contribution in [-0.2, 0) is 4.79 Å². The van der Waals surface area contributed by atoms with Crippen LogP contribution in [0.5, 0.6) is 0 Å². The maximum absolute atomic E-state index is 13.6. The summed E-state index contributed by atoms with van der Waals surface area (Å²) in [6.07, 6.45) is 0.399. The topological polar surface area (TPSA) is 40.5 Å². The van der Waals surface area contributed by atoms with E-state index in [2.05, 4.69) is 0 Å². The zero-order valence-electron chi connectivity index (χ0n) is 13.5. The highest BCUT2D eigenvalue weighted by molar-refractivity contribution is 5.72. The first-order valence-electron chi connectivity index (χ1n) is 7.42. The molecule has 1 aliphatic heterocycles. The summed E-state index contributed by atoms with van der Waals surface area (Å²) < 4.78 is 44.3. The van der Waals surface area contributed by atoms with Gasteiger partial charge in [0.1, 0.15) is 5.82 Å². The Morgan fingerprint density at radius 1 is 1.53 bits per heavy atom. The highest BCUT2D eigenvalue weighted by Gasteiger charge is 2.33. The number of carbonyl (C=O) groups is 1. The molecule has 1 fully saturated rings. The number of hydrogen-bond acceptors (Lipinski definition) is 2. The van der Waals surface area contributed by atoms with E-state index in [0.717, 1.165) is 0 Å². The van der Waals surface area contributed by atoms with Gasteiger partial charge in [-0.05, 0) is 43.6 Å². The number of rotatable bonds is 2. The van der Waals surface area contributed by atoms with Gasteiger partial charge in [-0.3, -0.25) is 4.79 Å². The molecule has 1 saturated heterocycles.